The molecule has 1 unspecified atom stereocenters. The van der Waals surface area contributed by atoms with Crippen LogP contribution in [0, 0.1) is 20.8 Å². The van der Waals surface area contributed by atoms with Gasteiger partial charge in [0.05, 0.1) is 6.10 Å². The summed E-state index contributed by atoms with van der Waals surface area (Å²) >= 11 is 0. The maximum absolute atomic E-state index is 11.7. The third-order valence-corrected chi connectivity index (χ3v) is 5.08. The summed E-state index contributed by atoms with van der Waals surface area (Å²) in [6, 6.07) is 16.7. The topological polar surface area (TPSA) is 74.6 Å². The predicted octanol–water partition coefficient (Wildman–Crippen LogP) is 5.24. The molecule has 4 heteroatoms. The van der Waals surface area contributed by atoms with Crippen LogP contribution in [0.4, 0.5) is 0 Å². The number of aliphatic carboxylic acids is 1. The number of aliphatic hydroxyl groups is 1. The van der Waals surface area contributed by atoms with Crippen molar-refractivity contribution in [1.29, 1.82) is 0 Å². The van der Waals surface area contributed by atoms with Gasteiger partial charge in [-0.1, -0.05) is 71.8 Å². The van der Waals surface area contributed by atoms with Crippen LogP contribution in [0.2, 0.25) is 0 Å². The molecule has 0 saturated heterocycles. The number of carbonyl (C=O) groups is 2. The zero-order chi connectivity index (χ0) is 21.8. The lowest BCUT2D eigenvalue weighted by Gasteiger charge is -2.16. The van der Waals surface area contributed by atoms with Crippen LogP contribution in [0.3, 0.4) is 0 Å². The fourth-order valence-electron chi connectivity index (χ4n) is 3.90. The zero-order valence-corrected chi connectivity index (χ0v) is 17.5. The number of carboxylic acids is 1. The fraction of sp³-hybridized carbons (Fsp3) is 0.231. The molecule has 0 aliphatic rings. The molecule has 30 heavy (non-hydrogen) atoms. The first-order valence-electron chi connectivity index (χ1n) is 9.95. The lowest BCUT2D eigenvalue weighted by atomic mass is 9.88. The summed E-state index contributed by atoms with van der Waals surface area (Å²) in [6.45, 7) is 6.17. The first kappa shape index (κ1) is 21.5. The molecule has 0 aromatic heterocycles. The summed E-state index contributed by atoms with van der Waals surface area (Å²) in [6.07, 6.45) is 1.59. The highest BCUT2D eigenvalue weighted by Crippen LogP contribution is 2.36. The average Bonchev–Trinajstić information content (AvgIpc) is 2.64. The molecular formula is C26H26O4. The Morgan fingerprint density at radius 1 is 1.00 bits per heavy atom. The standard InChI is InChI=1S/C26H26O4/c1-16-10-17(2)12-20(11-16)26-23(9-8-21(27)14-22(28)15-25(29)30)18(3)13-19-6-4-5-7-24(19)26/h4-13,21,27H,14-15H2,1-3H3,(H,29,30)/b9-8+. The van der Waals surface area contributed by atoms with Gasteiger partial charge in [-0.3, -0.25) is 9.59 Å². The van der Waals surface area contributed by atoms with Crippen molar-refractivity contribution >= 4 is 28.6 Å². The molecule has 3 aromatic rings. The Balaban J connectivity index is 2.09. The van der Waals surface area contributed by atoms with Crippen molar-refractivity contribution in [2.75, 3.05) is 0 Å². The molecule has 154 valence electrons. The monoisotopic (exact) mass is 402 g/mol. The van der Waals surface area contributed by atoms with E-state index >= 15 is 0 Å². The number of rotatable bonds is 7. The molecule has 1 atom stereocenters. The van der Waals surface area contributed by atoms with Crippen LogP contribution in [0.25, 0.3) is 28.0 Å². The first-order valence-corrected chi connectivity index (χ1v) is 9.95. The van der Waals surface area contributed by atoms with E-state index in [1.807, 2.05) is 25.1 Å². The number of carboxylic acid groups (broad SMARTS) is 1. The van der Waals surface area contributed by atoms with Crippen molar-refractivity contribution in [3.8, 4) is 11.1 Å². The second-order valence-corrected chi connectivity index (χ2v) is 7.82. The lowest BCUT2D eigenvalue weighted by Crippen LogP contribution is -2.14. The van der Waals surface area contributed by atoms with E-state index in [2.05, 4.69) is 50.2 Å². The highest BCUT2D eigenvalue weighted by atomic mass is 16.4. The largest absolute Gasteiger partial charge is 0.481 e. The van der Waals surface area contributed by atoms with Crippen LogP contribution < -0.4 is 0 Å². The first-order chi connectivity index (χ1) is 14.2. The van der Waals surface area contributed by atoms with Crippen molar-refractivity contribution in [3.63, 3.8) is 0 Å². The molecule has 2 N–H and O–H groups in total. The molecule has 0 radical (unpaired) electrons. The van der Waals surface area contributed by atoms with E-state index in [4.69, 9.17) is 5.11 Å². The van der Waals surface area contributed by atoms with Gasteiger partial charge in [0.1, 0.15) is 12.2 Å². The number of aliphatic hydroxyl groups excluding tert-OH is 1. The maximum Gasteiger partial charge on any atom is 0.310 e. The van der Waals surface area contributed by atoms with E-state index in [0.29, 0.717) is 0 Å². The molecule has 4 nitrogen and oxygen atoms in total. The summed E-state index contributed by atoms with van der Waals surface area (Å²) in [5.41, 5.74) is 6.56. The van der Waals surface area contributed by atoms with Crippen LogP contribution in [-0.4, -0.2) is 28.1 Å². The molecular weight excluding hydrogens is 376 g/mol. The van der Waals surface area contributed by atoms with Crippen molar-refractivity contribution < 1.29 is 19.8 Å². The third-order valence-electron chi connectivity index (χ3n) is 5.08. The predicted molar refractivity (Wildman–Crippen MR) is 121 cm³/mol. The number of fused-ring (bicyclic) bond motifs is 1. The van der Waals surface area contributed by atoms with E-state index < -0.39 is 24.3 Å². The van der Waals surface area contributed by atoms with Gasteiger partial charge in [0.2, 0.25) is 0 Å². The molecule has 0 spiro atoms. The van der Waals surface area contributed by atoms with Gasteiger partial charge in [0, 0.05) is 6.42 Å². The minimum Gasteiger partial charge on any atom is -0.481 e. The number of Topliss-reactive ketones (excluding diaryl/α,β-unsaturated/α-hetero) is 1. The normalized spacial score (nSPS) is 12.4. The molecule has 3 rings (SSSR count). The Kier molecular flexibility index (Phi) is 6.48. The maximum atomic E-state index is 11.7. The molecule has 3 aromatic carbocycles. The lowest BCUT2D eigenvalue weighted by molar-refractivity contribution is -0.140. The number of aryl methyl sites for hydroxylation is 3. The molecule has 0 aliphatic carbocycles. The Morgan fingerprint density at radius 2 is 1.67 bits per heavy atom. The van der Waals surface area contributed by atoms with Gasteiger partial charge in [-0.25, -0.2) is 0 Å². The molecule has 0 aliphatic heterocycles. The Morgan fingerprint density at radius 3 is 2.33 bits per heavy atom. The van der Waals surface area contributed by atoms with E-state index in [-0.39, 0.29) is 6.42 Å². The van der Waals surface area contributed by atoms with Crippen LogP contribution in [-0.2, 0) is 9.59 Å². The second kappa shape index (κ2) is 9.06. The minimum absolute atomic E-state index is 0.214. The number of carbonyl (C=O) groups excluding carboxylic acids is 1. The molecule has 0 heterocycles. The summed E-state index contributed by atoms with van der Waals surface area (Å²) in [5, 5.41) is 21.2. The smallest absolute Gasteiger partial charge is 0.310 e. The van der Waals surface area contributed by atoms with Gasteiger partial charge in [-0.2, -0.15) is 0 Å². The van der Waals surface area contributed by atoms with Crippen molar-refractivity contribution in [2.24, 2.45) is 0 Å². The van der Waals surface area contributed by atoms with Gasteiger partial charge in [-0.05, 0) is 53.8 Å². The highest BCUT2D eigenvalue weighted by molar-refractivity contribution is 6.02. The van der Waals surface area contributed by atoms with Crippen molar-refractivity contribution in [1.82, 2.24) is 0 Å². The van der Waals surface area contributed by atoms with Gasteiger partial charge >= 0.3 is 5.97 Å². The Bertz CT molecular complexity index is 1120. The van der Waals surface area contributed by atoms with Crippen molar-refractivity contribution in [3.05, 3.63) is 76.9 Å². The third kappa shape index (κ3) is 5.02. The zero-order valence-electron chi connectivity index (χ0n) is 17.5. The Hall–Kier alpha value is -3.24. The summed E-state index contributed by atoms with van der Waals surface area (Å²) in [5.74, 6) is -1.68. The molecule has 0 fully saturated rings. The number of ketones is 1. The van der Waals surface area contributed by atoms with E-state index in [1.54, 1.807) is 6.08 Å². The van der Waals surface area contributed by atoms with Crippen LogP contribution in [0.15, 0.2) is 54.6 Å². The van der Waals surface area contributed by atoms with Crippen LogP contribution in [0.1, 0.15) is 35.1 Å². The van der Waals surface area contributed by atoms with E-state index in [1.165, 1.54) is 11.1 Å². The van der Waals surface area contributed by atoms with Gasteiger partial charge in [0.15, 0.2) is 0 Å². The van der Waals surface area contributed by atoms with Gasteiger partial charge in [0.25, 0.3) is 0 Å². The van der Waals surface area contributed by atoms with Gasteiger partial charge < -0.3 is 10.2 Å². The summed E-state index contributed by atoms with van der Waals surface area (Å²) < 4.78 is 0. The summed E-state index contributed by atoms with van der Waals surface area (Å²) in [4.78, 5) is 22.4. The SMILES string of the molecule is Cc1cc(C)cc(-c2c(/C=C/C(O)CC(=O)CC(=O)O)c(C)cc3ccccc23)c1. The molecule has 0 saturated carbocycles. The van der Waals surface area contributed by atoms with Crippen LogP contribution >= 0.6 is 0 Å². The number of hydrogen-bond donors (Lipinski definition) is 2. The van der Waals surface area contributed by atoms with Crippen LogP contribution in [0.5, 0.6) is 0 Å². The fourth-order valence-corrected chi connectivity index (χ4v) is 3.90. The molecule has 0 amide bonds. The second-order valence-electron chi connectivity index (χ2n) is 7.82. The number of hydrogen-bond acceptors (Lipinski definition) is 3. The average molecular weight is 402 g/mol. The van der Waals surface area contributed by atoms with E-state index in [0.717, 1.165) is 33.0 Å². The number of benzene rings is 3. The Labute approximate surface area is 176 Å². The highest BCUT2D eigenvalue weighted by Gasteiger charge is 2.15. The summed E-state index contributed by atoms with van der Waals surface area (Å²) in [7, 11) is 0. The van der Waals surface area contributed by atoms with Crippen molar-refractivity contribution in [2.45, 2.75) is 39.7 Å². The van der Waals surface area contributed by atoms with Gasteiger partial charge in [-0.15, -0.1) is 0 Å². The van der Waals surface area contributed by atoms with E-state index in [9.17, 15) is 14.7 Å². The molecule has 0 bridgehead atoms. The quantitative estimate of drug-likeness (QED) is 0.530. The minimum atomic E-state index is -1.18.